The molecule has 28 heavy (non-hydrogen) atoms. The van der Waals surface area contributed by atoms with Crippen molar-refractivity contribution in [3.8, 4) is 11.4 Å². The van der Waals surface area contributed by atoms with E-state index in [4.69, 9.17) is 0 Å². The molecule has 0 bridgehead atoms. The SMILES string of the molecule is C=CCn1c(SCC(=O)c2cn(C)c3ccccc23)nnc1-c1cccnc1. The van der Waals surface area contributed by atoms with Crippen molar-refractivity contribution in [1.29, 1.82) is 0 Å². The van der Waals surface area contributed by atoms with Crippen molar-refractivity contribution in [1.82, 2.24) is 24.3 Å². The van der Waals surface area contributed by atoms with Gasteiger partial charge in [-0.1, -0.05) is 36.0 Å². The molecule has 0 aliphatic rings. The van der Waals surface area contributed by atoms with E-state index in [1.807, 2.05) is 58.8 Å². The minimum Gasteiger partial charge on any atom is -0.350 e. The second-order valence-corrected chi connectivity index (χ2v) is 7.27. The van der Waals surface area contributed by atoms with Crippen molar-refractivity contribution in [2.24, 2.45) is 7.05 Å². The Balaban J connectivity index is 1.58. The summed E-state index contributed by atoms with van der Waals surface area (Å²) in [7, 11) is 1.95. The zero-order chi connectivity index (χ0) is 19.5. The summed E-state index contributed by atoms with van der Waals surface area (Å²) in [4.78, 5) is 17.0. The van der Waals surface area contributed by atoms with E-state index in [1.54, 1.807) is 18.5 Å². The second kappa shape index (κ2) is 7.82. The summed E-state index contributed by atoms with van der Waals surface area (Å²) >= 11 is 1.39. The van der Waals surface area contributed by atoms with Gasteiger partial charge >= 0.3 is 0 Å². The van der Waals surface area contributed by atoms with Gasteiger partial charge in [-0.15, -0.1) is 16.8 Å². The van der Waals surface area contributed by atoms with Gasteiger partial charge in [0.25, 0.3) is 0 Å². The minimum atomic E-state index is 0.0675. The van der Waals surface area contributed by atoms with Gasteiger partial charge in [0.05, 0.1) is 5.75 Å². The molecule has 0 unspecified atom stereocenters. The lowest BCUT2D eigenvalue weighted by Gasteiger charge is -2.07. The van der Waals surface area contributed by atoms with Crippen LogP contribution in [0.15, 0.2) is 72.8 Å². The second-order valence-electron chi connectivity index (χ2n) is 6.33. The molecular weight excluding hydrogens is 370 g/mol. The summed E-state index contributed by atoms with van der Waals surface area (Å²) < 4.78 is 3.93. The van der Waals surface area contributed by atoms with Gasteiger partial charge in [-0.3, -0.25) is 14.3 Å². The summed E-state index contributed by atoms with van der Waals surface area (Å²) in [5, 5.41) is 10.2. The Labute approximate surface area is 166 Å². The molecule has 0 N–H and O–H groups in total. The molecule has 0 aliphatic carbocycles. The van der Waals surface area contributed by atoms with E-state index in [-0.39, 0.29) is 11.5 Å². The molecule has 4 rings (SSSR count). The number of ketones is 1. The third kappa shape index (κ3) is 3.36. The molecule has 0 spiro atoms. The van der Waals surface area contributed by atoms with Crippen LogP contribution in [0.5, 0.6) is 0 Å². The maximum Gasteiger partial charge on any atom is 0.192 e. The number of benzene rings is 1. The molecule has 7 heteroatoms. The maximum atomic E-state index is 12.9. The number of hydrogen-bond acceptors (Lipinski definition) is 5. The maximum absolute atomic E-state index is 12.9. The topological polar surface area (TPSA) is 65.6 Å². The van der Waals surface area contributed by atoms with Crippen LogP contribution in [0.3, 0.4) is 0 Å². The summed E-state index contributed by atoms with van der Waals surface area (Å²) in [5.41, 5.74) is 2.65. The van der Waals surface area contributed by atoms with Crippen molar-refractivity contribution in [3.05, 3.63) is 73.2 Å². The Bertz CT molecular complexity index is 1150. The van der Waals surface area contributed by atoms with Crippen LogP contribution < -0.4 is 0 Å². The molecule has 0 saturated heterocycles. The van der Waals surface area contributed by atoms with Crippen molar-refractivity contribution < 1.29 is 4.79 Å². The molecule has 0 atom stereocenters. The molecule has 0 amide bonds. The zero-order valence-corrected chi connectivity index (χ0v) is 16.3. The van der Waals surface area contributed by atoms with Gasteiger partial charge in [0.15, 0.2) is 16.8 Å². The molecular formula is C21H19N5OS. The van der Waals surface area contributed by atoms with Crippen molar-refractivity contribution in [3.63, 3.8) is 0 Å². The molecule has 0 radical (unpaired) electrons. The molecule has 6 nitrogen and oxygen atoms in total. The van der Waals surface area contributed by atoms with Gasteiger partial charge in [0, 0.05) is 54.2 Å². The highest BCUT2D eigenvalue weighted by Gasteiger charge is 2.18. The lowest BCUT2D eigenvalue weighted by molar-refractivity contribution is 0.102. The van der Waals surface area contributed by atoms with E-state index in [1.165, 1.54) is 11.8 Å². The predicted molar refractivity (Wildman–Crippen MR) is 111 cm³/mol. The zero-order valence-electron chi connectivity index (χ0n) is 15.4. The Morgan fingerprint density at radius 2 is 2.07 bits per heavy atom. The van der Waals surface area contributed by atoms with Crippen LogP contribution in [-0.2, 0) is 13.6 Å². The van der Waals surface area contributed by atoms with E-state index >= 15 is 0 Å². The first-order valence-corrected chi connectivity index (χ1v) is 9.82. The smallest absolute Gasteiger partial charge is 0.192 e. The minimum absolute atomic E-state index is 0.0675. The lowest BCUT2D eigenvalue weighted by Crippen LogP contribution is -2.05. The highest BCUT2D eigenvalue weighted by molar-refractivity contribution is 7.99. The molecule has 3 aromatic heterocycles. The van der Waals surface area contributed by atoms with Gasteiger partial charge in [0.2, 0.25) is 0 Å². The van der Waals surface area contributed by atoms with E-state index in [2.05, 4.69) is 21.8 Å². The first-order chi connectivity index (χ1) is 13.7. The monoisotopic (exact) mass is 389 g/mol. The van der Waals surface area contributed by atoms with E-state index in [0.717, 1.165) is 22.0 Å². The average molecular weight is 389 g/mol. The number of Topliss-reactive ketones (excluding diaryl/α,β-unsaturated/α-hetero) is 1. The normalized spacial score (nSPS) is 11.0. The lowest BCUT2D eigenvalue weighted by atomic mass is 10.1. The van der Waals surface area contributed by atoms with Gasteiger partial charge in [0.1, 0.15) is 0 Å². The number of pyridine rings is 1. The predicted octanol–water partition coefficient (Wildman–Crippen LogP) is 3.99. The number of carbonyl (C=O) groups excluding carboxylic acids is 1. The molecule has 3 heterocycles. The summed E-state index contributed by atoms with van der Waals surface area (Å²) in [6.45, 7) is 4.38. The number of hydrogen-bond donors (Lipinski definition) is 0. The Morgan fingerprint density at radius 3 is 2.86 bits per heavy atom. The van der Waals surface area contributed by atoms with Crippen LogP contribution in [0.1, 0.15) is 10.4 Å². The summed E-state index contributed by atoms with van der Waals surface area (Å²) in [5.74, 6) is 1.07. The van der Waals surface area contributed by atoms with Gasteiger partial charge in [-0.05, 0) is 18.2 Å². The number of aromatic nitrogens is 5. The van der Waals surface area contributed by atoms with Gasteiger partial charge in [-0.2, -0.15) is 0 Å². The fourth-order valence-corrected chi connectivity index (χ4v) is 4.00. The average Bonchev–Trinajstić information content (AvgIpc) is 3.29. The van der Waals surface area contributed by atoms with Crippen LogP contribution in [0.2, 0.25) is 0 Å². The third-order valence-electron chi connectivity index (χ3n) is 4.48. The van der Waals surface area contributed by atoms with E-state index in [9.17, 15) is 4.79 Å². The van der Waals surface area contributed by atoms with Crippen molar-refractivity contribution in [2.75, 3.05) is 5.75 Å². The number of nitrogens with zero attached hydrogens (tertiary/aromatic N) is 5. The number of para-hydroxylation sites is 1. The fraction of sp³-hybridized carbons (Fsp3) is 0.143. The molecule has 1 aromatic carbocycles. The number of thioether (sulfide) groups is 1. The van der Waals surface area contributed by atoms with Crippen LogP contribution in [0.4, 0.5) is 0 Å². The standard InChI is InChI=1S/C21H19N5OS/c1-3-11-26-20(15-7-6-10-22-12-15)23-24-21(26)28-14-19(27)17-13-25(2)18-9-5-4-8-16(17)18/h3-10,12-13H,1,11,14H2,2H3. The molecule has 140 valence electrons. The first kappa shape index (κ1) is 18.2. The van der Waals surface area contributed by atoms with Crippen LogP contribution in [-0.4, -0.2) is 35.9 Å². The largest absolute Gasteiger partial charge is 0.350 e. The van der Waals surface area contributed by atoms with Crippen LogP contribution in [0, 0.1) is 0 Å². The summed E-state index contributed by atoms with van der Waals surface area (Å²) in [6, 6.07) is 11.7. The van der Waals surface area contributed by atoms with E-state index in [0.29, 0.717) is 17.5 Å². The van der Waals surface area contributed by atoms with Crippen molar-refractivity contribution in [2.45, 2.75) is 11.7 Å². The van der Waals surface area contributed by atoms with Crippen LogP contribution >= 0.6 is 11.8 Å². The number of aryl methyl sites for hydroxylation is 1. The van der Waals surface area contributed by atoms with Crippen LogP contribution in [0.25, 0.3) is 22.3 Å². The van der Waals surface area contributed by atoms with Crippen molar-refractivity contribution >= 4 is 28.4 Å². The highest BCUT2D eigenvalue weighted by Crippen LogP contribution is 2.26. The molecule has 0 aliphatic heterocycles. The Morgan fingerprint density at radius 1 is 1.21 bits per heavy atom. The van der Waals surface area contributed by atoms with Gasteiger partial charge < -0.3 is 4.57 Å². The fourth-order valence-electron chi connectivity index (χ4n) is 3.17. The Hall–Kier alpha value is -3.19. The molecule has 4 aromatic rings. The summed E-state index contributed by atoms with van der Waals surface area (Å²) in [6.07, 6.45) is 7.15. The molecule has 0 fully saturated rings. The highest BCUT2D eigenvalue weighted by atomic mass is 32.2. The molecule has 0 saturated carbocycles. The van der Waals surface area contributed by atoms with Gasteiger partial charge in [-0.25, -0.2) is 0 Å². The third-order valence-corrected chi connectivity index (χ3v) is 5.44. The number of rotatable bonds is 7. The number of carbonyl (C=O) groups is 1. The first-order valence-electron chi connectivity index (χ1n) is 8.83. The van der Waals surface area contributed by atoms with E-state index < -0.39 is 0 Å². The number of allylic oxidation sites excluding steroid dienone is 1. The number of fused-ring (bicyclic) bond motifs is 1. The Kier molecular flexibility index (Phi) is 5.08. The quantitative estimate of drug-likeness (QED) is 0.272.